The van der Waals surface area contributed by atoms with Crippen molar-refractivity contribution < 1.29 is 0 Å². The fraction of sp³-hybridized carbons (Fsp3) is 0.200. The largest absolute Gasteiger partial charge is 0.227 e. The molecule has 0 bridgehead atoms. The summed E-state index contributed by atoms with van der Waals surface area (Å²) < 4.78 is 0. The molecule has 0 radical (unpaired) electrons. The van der Waals surface area contributed by atoms with Crippen LogP contribution in [0.25, 0.3) is 21.6 Å². The minimum atomic E-state index is 0.476. The lowest BCUT2D eigenvalue weighted by Crippen LogP contribution is -1.93. The Kier molecular flexibility index (Phi) is 3.44. The van der Waals surface area contributed by atoms with E-state index in [9.17, 15) is 0 Å². The molecule has 0 N–H and O–H groups in total. The standard InChI is InChI=1S/C15H12Cl2N2S/c1-7-4-8(2)11-10(5-7)18-15(19-14(11)17)13-12(16)9(3)6-20-13/h4-6H,1-3H3. The van der Waals surface area contributed by atoms with E-state index in [0.717, 1.165) is 32.5 Å². The molecule has 0 saturated heterocycles. The average molecular weight is 323 g/mol. The molecule has 0 spiro atoms. The van der Waals surface area contributed by atoms with Crippen LogP contribution in [0.15, 0.2) is 17.5 Å². The van der Waals surface area contributed by atoms with Crippen LogP contribution >= 0.6 is 34.5 Å². The Morgan fingerprint density at radius 1 is 1.00 bits per heavy atom. The third-order valence-electron chi connectivity index (χ3n) is 3.20. The van der Waals surface area contributed by atoms with E-state index in [1.165, 1.54) is 11.3 Å². The molecular weight excluding hydrogens is 311 g/mol. The van der Waals surface area contributed by atoms with Gasteiger partial charge < -0.3 is 0 Å². The Bertz CT molecular complexity index is 824. The predicted molar refractivity (Wildman–Crippen MR) is 87.1 cm³/mol. The van der Waals surface area contributed by atoms with Gasteiger partial charge in [0.1, 0.15) is 5.15 Å². The second-order valence-electron chi connectivity index (χ2n) is 4.88. The number of hydrogen-bond acceptors (Lipinski definition) is 3. The highest BCUT2D eigenvalue weighted by atomic mass is 35.5. The summed E-state index contributed by atoms with van der Waals surface area (Å²) >= 11 is 14.2. The third-order valence-corrected chi connectivity index (χ3v) is 5.16. The first kappa shape index (κ1) is 13.8. The monoisotopic (exact) mass is 322 g/mol. The Hall–Kier alpha value is -1.16. The molecule has 5 heteroatoms. The topological polar surface area (TPSA) is 25.8 Å². The van der Waals surface area contributed by atoms with Gasteiger partial charge >= 0.3 is 0 Å². The van der Waals surface area contributed by atoms with Gasteiger partial charge in [0.25, 0.3) is 0 Å². The van der Waals surface area contributed by atoms with Gasteiger partial charge in [-0.05, 0) is 48.9 Å². The van der Waals surface area contributed by atoms with Crippen molar-refractivity contribution in [2.45, 2.75) is 20.8 Å². The quantitative estimate of drug-likeness (QED) is 0.546. The van der Waals surface area contributed by atoms with Crippen LogP contribution in [-0.2, 0) is 0 Å². The number of rotatable bonds is 1. The summed E-state index contributed by atoms with van der Waals surface area (Å²) in [6.45, 7) is 6.04. The summed E-state index contributed by atoms with van der Waals surface area (Å²) in [7, 11) is 0. The summed E-state index contributed by atoms with van der Waals surface area (Å²) in [5.74, 6) is 0.593. The Morgan fingerprint density at radius 2 is 1.75 bits per heavy atom. The zero-order valence-electron chi connectivity index (χ0n) is 11.3. The maximum atomic E-state index is 6.34. The molecule has 1 aromatic carbocycles. The van der Waals surface area contributed by atoms with E-state index >= 15 is 0 Å². The van der Waals surface area contributed by atoms with Crippen LogP contribution in [0.3, 0.4) is 0 Å². The zero-order valence-corrected chi connectivity index (χ0v) is 13.6. The SMILES string of the molecule is Cc1cc(C)c2c(Cl)nc(-c3scc(C)c3Cl)nc2c1. The molecule has 0 aliphatic rings. The van der Waals surface area contributed by atoms with Crippen molar-refractivity contribution in [1.82, 2.24) is 9.97 Å². The van der Waals surface area contributed by atoms with Crippen LogP contribution < -0.4 is 0 Å². The fourth-order valence-corrected chi connectivity index (χ4v) is 3.81. The smallest absolute Gasteiger partial charge is 0.173 e. The molecule has 0 amide bonds. The van der Waals surface area contributed by atoms with Gasteiger partial charge in [-0.25, -0.2) is 9.97 Å². The molecule has 2 nitrogen and oxygen atoms in total. The van der Waals surface area contributed by atoms with Crippen molar-refractivity contribution in [1.29, 1.82) is 0 Å². The van der Waals surface area contributed by atoms with Gasteiger partial charge in [-0.1, -0.05) is 29.3 Å². The second kappa shape index (κ2) is 4.99. The normalized spacial score (nSPS) is 11.2. The first-order chi connectivity index (χ1) is 9.47. The first-order valence-corrected chi connectivity index (χ1v) is 7.79. The molecule has 3 aromatic rings. The first-order valence-electron chi connectivity index (χ1n) is 6.16. The predicted octanol–water partition coefficient (Wildman–Crippen LogP) is 5.59. The average Bonchev–Trinajstić information content (AvgIpc) is 2.68. The number of fused-ring (bicyclic) bond motifs is 1. The molecule has 0 saturated carbocycles. The molecule has 0 aliphatic carbocycles. The van der Waals surface area contributed by atoms with Crippen molar-refractivity contribution in [2.24, 2.45) is 0 Å². The molecule has 0 unspecified atom stereocenters. The highest BCUT2D eigenvalue weighted by molar-refractivity contribution is 7.14. The molecule has 20 heavy (non-hydrogen) atoms. The maximum absolute atomic E-state index is 6.34. The van der Waals surface area contributed by atoms with E-state index in [-0.39, 0.29) is 0 Å². The van der Waals surface area contributed by atoms with Gasteiger partial charge in [-0.3, -0.25) is 0 Å². The summed E-state index contributed by atoms with van der Waals surface area (Å²) in [6, 6.07) is 4.10. The van der Waals surface area contributed by atoms with E-state index in [1.807, 2.05) is 32.2 Å². The summed E-state index contributed by atoms with van der Waals surface area (Å²) in [6.07, 6.45) is 0. The number of benzene rings is 1. The van der Waals surface area contributed by atoms with Gasteiger partial charge in [0, 0.05) is 5.39 Å². The molecule has 3 rings (SSSR count). The Morgan fingerprint density at radius 3 is 2.40 bits per heavy atom. The van der Waals surface area contributed by atoms with E-state index in [2.05, 4.69) is 16.0 Å². The van der Waals surface area contributed by atoms with Crippen molar-refractivity contribution in [2.75, 3.05) is 0 Å². The third kappa shape index (κ3) is 2.20. The number of aryl methyl sites for hydroxylation is 3. The van der Waals surface area contributed by atoms with Crippen molar-refractivity contribution in [3.8, 4) is 10.7 Å². The van der Waals surface area contributed by atoms with E-state index in [1.54, 1.807) is 0 Å². The molecule has 0 aliphatic heterocycles. The van der Waals surface area contributed by atoms with Crippen LogP contribution in [-0.4, -0.2) is 9.97 Å². The Balaban J connectivity index is 2.32. The van der Waals surface area contributed by atoms with Gasteiger partial charge in [0.15, 0.2) is 5.82 Å². The van der Waals surface area contributed by atoms with Crippen LogP contribution in [0, 0.1) is 20.8 Å². The highest BCUT2D eigenvalue weighted by Crippen LogP contribution is 2.36. The molecule has 0 atom stereocenters. The molecule has 2 aromatic heterocycles. The Labute approximate surface area is 131 Å². The van der Waals surface area contributed by atoms with Gasteiger partial charge in [0.2, 0.25) is 0 Å². The van der Waals surface area contributed by atoms with Crippen LogP contribution in [0.1, 0.15) is 16.7 Å². The van der Waals surface area contributed by atoms with E-state index in [0.29, 0.717) is 16.0 Å². The molecule has 2 heterocycles. The van der Waals surface area contributed by atoms with Crippen molar-refractivity contribution in [3.63, 3.8) is 0 Å². The van der Waals surface area contributed by atoms with Crippen LogP contribution in [0.4, 0.5) is 0 Å². The number of aromatic nitrogens is 2. The van der Waals surface area contributed by atoms with Gasteiger partial charge in [-0.15, -0.1) is 11.3 Å². The fourth-order valence-electron chi connectivity index (χ4n) is 2.27. The lowest BCUT2D eigenvalue weighted by molar-refractivity contribution is 1.23. The zero-order chi connectivity index (χ0) is 14.4. The van der Waals surface area contributed by atoms with Crippen LogP contribution in [0.2, 0.25) is 10.2 Å². The van der Waals surface area contributed by atoms with Crippen molar-refractivity contribution >= 4 is 45.4 Å². The number of hydrogen-bond donors (Lipinski definition) is 0. The number of thiophene rings is 1. The maximum Gasteiger partial charge on any atom is 0.173 e. The summed E-state index contributed by atoms with van der Waals surface area (Å²) in [4.78, 5) is 9.92. The molecule has 0 fully saturated rings. The van der Waals surface area contributed by atoms with Gasteiger partial charge in [0.05, 0.1) is 15.4 Å². The lowest BCUT2D eigenvalue weighted by atomic mass is 10.1. The molecular formula is C15H12Cl2N2S. The van der Waals surface area contributed by atoms with Crippen molar-refractivity contribution in [3.05, 3.63) is 44.4 Å². The highest BCUT2D eigenvalue weighted by Gasteiger charge is 2.15. The van der Waals surface area contributed by atoms with Crippen LogP contribution in [0.5, 0.6) is 0 Å². The molecule has 102 valence electrons. The summed E-state index contributed by atoms with van der Waals surface area (Å²) in [5, 5.41) is 4.09. The van der Waals surface area contributed by atoms with Gasteiger partial charge in [-0.2, -0.15) is 0 Å². The minimum Gasteiger partial charge on any atom is -0.227 e. The lowest BCUT2D eigenvalue weighted by Gasteiger charge is -2.07. The van der Waals surface area contributed by atoms with E-state index < -0.39 is 0 Å². The summed E-state index contributed by atoms with van der Waals surface area (Å²) in [5.41, 5.74) is 4.14. The second-order valence-corrected chi connectivity index (χ2v) is 6.49. The van der Waals surface area contributed by atoms with E-state index in [4.69, 9.17) is 23.2 Å². The minimum absolute atomic E-state index is 0.476. The number of nitrogens with zero attached hydrogens (tertiary/aromatic N) is 2. The number of halogens is 2.